The lowest BCUT2D eigenvalue weighted by Crippen LogP contribution is -2.48. The zero-order chi connectivity index (χ0) is 13.7. The highest BCUT2D eigenvalue weighted by Gasteiger charge is 2.38. The average Bonchev–Trinajstić information content (AvgIpc) is 2.45. The molecule has 1 aliphatic heterocycles. The molecule has 102 valence electrons. The van der Waals surface area contributed by atoms with Crippen LogP contribution >= 0.6 is 0 Å². The number of hydrogen-bond donors (Lipinski definition) is 1. The van der Waals surface area contributed by atoms with E-state index in [0.717, 1.165) is 12.0 Å². The Hall–Kier alpha value is -1.65. The quantitative estimate of drug-likeness (QED) is 0.815. The van der Waals surface area contributed by atoms with Crippen LogP contribution in [0, 0.1) is 0 Å². The van der Waals surface area contributed by atoms with Gasteiger partial charge in [-0.1, -0.05) is 30.8 Å². The number of hydrogen-bond acceptors (Lipinski definition) is 3. The van der Waals surface area contributed by atoms with Crippen LogP contribution in [0.2, 0.25) is 0 Å². The van der Waals surface area contributed by atoms with E-state index in [9.17, 15) is 4.79 Å². The van der Waals surface area contributed by atoms with Crippen molar-refractivity contribution in [2.24, 2.45) is 0 Å². The average molecular weight is 261 g/mol. The number of benzene rings is 1. The lowest BCUT2D eigenvalue weighted by Gasteiger charge is -2.38. The molecule has 1 heterocycles. The van der Waals surface area contributed by atoms with E-state index in [1.807, 2.05) is 18.2 Å². The number of nitrogens with one attached hydrogen (secondary N) is 1. The van der Waals surface area contributed by atoms with Crippen molar-refractivity contribution in [2.45, 2.75) is 12.0 Å². The third kappa shape index (κ3) is 2.85. The Balaban J connectivity index is 2.29. The lowest BCUT2D eigenvalue weighted by atomic mass is 9.86. The van der Waals surface area contributed by atoms with Gasteiger partial charge < -0.3 is 14.8 Å². The van der Waals surface area contributed by atoms with Gasteiger partial charge in [-0.2, -0.15) is 0 Å². The molecule has 1 aromatic rings. The topological polar surface area (TPSA) is 47.6 Å². The van der Waals surface area contributed by atoms with Crippen LogP contribution in [0.1, 0.15) is 11.1 Å². The standard InChI is InChI=1S/C15H19NO3/c1-3-14(17)16-10-15(11-18-2)13-7-5-4-6-12(13)8-9-19-15/h3-7H,1,8-11H2,2H3,(H,16,17)/t15-/m1/s1. The molecular formula is C15H19NO3. The molecule has 0 saturated heterocycles. The molecule has 0 aliphatic carbocycles. The van der Waals surface area contributed by atoms with Gasteiger partial charge in [0.1, 0.15) is 5.60 Å². The molecule has 0 aromatic heterocycles. The van der Waals surface area contributed by atoms with Crippen molar-refractivity contribution in [1.29, 1.82) is 0 Å². The van der Waals surface area contributed by atoms with E-state index in [0.29, 0.717) is 19.8 Å². The van der Waals surface area contributed by atoms with Crippen molar-refractivity contribution < 1.29 is 14.3 Å². The second-order valence-electron chi connectivity index (χ2n) is 4.60. The molecule has 0 saturated carbocycles. The smallest absolute Gasteiger partial charge is 0.243 e. The number of amides is 1. The molecule has 1 aliphatic rings. The number of carbonyl (C=O) groups is 1. The zero-order valence-electron chi connectivity index (χ0n) is 11.1. The first kappa shape index (κ1) is 13.8. The Morgan fingerprint density at radius 1 is 1.58 bits per heavy atom. The van der Waals surface area contributed by atoms with Crippen molar-refractivity contribution in [3.05, 3.63) is 48.0 Å². The molecule has 4 nitrogen and oxygen atoms in total. The highest BCUT2D eigenvalue weighted by atomic mass is 16.5. The van der Waals surface area contributed by atoms with Crippen molar-refractivity contribution in [3.63, 3.8) is 0 Å². The minimum Gasteiger partial charge on any atom is -0.381 e. The molecule has 0 unspecified atom stereocenters. The largest absolute Gasteiger partial charge is 0.381 e. The molecule has 0 radical (unpaired) electrons. The number of methoxy groups -OCH3 is 1. The van der Waals surface area contributed by atoms with Crippen LogP contribution in [0.4, 0.5) is 0 Å². The van der Waals surface area contributed by atoms with E-state index in [1.165, 1.54) is 11.6 Å². The summed E-state index contributed by atoms with van der Waals surface area (Å²) in [6.07, 6.45) is 2.15. The predicted molar refractivity (Wildman–Crippen MR) is 72.9 cm³/mol. The highest BCUT2D eigenvalue weighted by Crippen LogP contribution is 2.33. The molecule has 19 heavy (non-hydrogen) atoms. The number of ether oxygens (including phenoxy) is 2. The van der Waals surface area contributed by atoms with Gasteiger partial charge in [-0.15, -0.1) is 0 Å². The Morgan fingerprint density at radius 2 is 2.37 bits per heavy atom. The zero-order valence-corrected chi connectivity index (χ0v) is 11.1. The number of carbonyl (C=O) groups excluding carboxylic acids is 1. The maximum atomic E-state index is 11.4. The molecule has 1 N–H and O–H groups in total. The molecular weight excluding hydrogens is 242 g/mol. The maximum Gasteiger partial charge on any atom is 0.243 e. The monoisotopic (exact) mass is 261 g/mol. The Morgan fingerprint density at radius 3 is 3.11 bits per heavy atom. The maximum absolute atomic E-state index is 11.4. The van der Waals surface area contributed by atoms with E-state index in [1.54, 1.807) is 7.11 Å². The first-order chi connectivity index (χ1) is 9.22. The van der Waals surface area contributed by atoms with Gasteiger partial charge in [0.2, 0.25) is 5.91 Å². The summed E-state index contributed by atoms with van der Waals surface area (Å²) in [4.78, 5) is 11.4. The molecule has 0 spiro atoms. The fraction of sp³-hybridized carbons (Fsp3) is 0.400. The SMILES string of the molecule is C=CC(=O)NC[C@]1(COC)OCCc2ccccc21. The van der Waals surface area contributed by atoms with Gasteiger partial charge in [0, 0.05) is 7.11 Å². The van der Waals surface area contributed by atoms with Crippen LogP contribution in [-0.4, -0.2) is 32.8 Å². The molecule has 1 aromatic carbocycles. The van der Waals surface area contributed by atoms with Crippen LogP contribution in [-0.2, 0) is 26.3 Å². The summed E-state index contributed by atoms with van der Waals surface area (Å²) in [5.74, 6) is -0.206. The summed E-state index contributed by atoms with van der Waals surface area (Å²) < 4.78 is 11.3. The van der Waals surface area contributed by atoms with Gasteiger partial charge in [0.15, 0.2) is 0 Å². The highest BCUT2D eigenvalue weighted by molar-refractivity contribution is 5.86. The van der Waals surface area contributed by atoms with Crippen molar-refractivity contribution in [3.8, 4) is 0 Å². The summed E-state index contributed by atoms with van der Waals surface area (Å²) in [7, 11) is 1.64. The van der Waals surface area contributed by atoms with Crippen molar-refractivity contribution >= 4 is 5.91 Å². The summed E-state index contributed by atoms with van der Waals surface area (Å²) >= 11 is 0. The van der Waals surface area contributed by atoms with Crippen LogP contribution in [0.3, 0.4) is 0 Å². The first-order valence-corrected chi connectivity index (χ1v) is 6.33. The van der Waals surface area contributed by atoms with E-state index in [-0.39, 0.29) is 5.91 Å². The molecule has 4 heteroatoms. The van der Waals surface area contributed by atoms with Gasteiger partial charge in [0.05, 0.1) is 19.8 Å². The fourth-order valence-corrected chi connectivity index (χ4v) is 2.47. The number of rotatable bonds is 5. The Labute approximate surface area is 113 Å². The number of fused-ring (bicyclic) bond motifs is 1. The van der Waals surface area contributed by atoms with Gasteiger partial charge in [-0.05, 0) is 23.6 Å². The summed E-state index contributed by atoms with van der Waals surface area (Å²) in [5.41, 5.74) is 1.73. The first-order valence-electron chi connectivity index (χ1n) is 6.33. The predicted octanol–water partition coefficient (Wildman–Crippen LogP) is 1.40. The third-order valence-electron chi connectivity index (χ3n) is 3.37. The van der Waals surface area contributed by atoms with Gasteiger partial charge in [0.25, 0.3) is 0 Å². The van der Waals surface area contributed by atoms with Crippen molar-refractivity contribution in [2.75, 3.05) is 26.9 Å². The summed E-state index contributed by atoms with van der Waals surface area (Å²) in [6, 6.07) is 8.13. The van der Waals surface area contributed by atoms with E-state index in [4.69, 9.17) is 9.47 Å². The third-order valence-corrected chi connectivity index (χ3v) is 3.37. The fourth-order valence-electron chi connectivity index (χ4n) is 2.47. The van der Waals surface area contributed by atoms with Crippen LogP contribution in [0.15, 0.2) is 36.9 Å². The van der Waals surface area contributed by atoms with E-state index >= 15 is 0 Å². The minimum absolute atomic E-state index is 0.206. The minimum atomic E-state index is -0.609. The summed E-state index contributed by atoms with van der Waals surface area (Å²) in [6.45, 7) is 4.86. The van der Waals surface area contributed by atoms with Crippen molar-refractivity contribution in [1.82, 2.24) is 5.32 Å². The van der Waals surface area contributed by atoms with E-state index < -0.39 is 5.60 Å². The second-order valence-corrected chi connectivity index (χ2v) is 4.60. The van der Waals surface area contributed by atoms with E-state index in [2.05, 4.69) is 18.0 Å². The Kier molecular flexibility index (Phi) is 4.35. The second kappa shape index (κ2) is 5.99. The Bertz CT molecular complexity index is 472. The molecule has 0 fully saturated rings. The normalized spacial score (nSPS) is 21.5. The van der Waals surface area contributed by atoms with Crippen LogP contribution in [0.5, 0.6) is 0 Å². The van der Waals surface area contributed by atoms with Crippen LogP contribution in [0.25, 0.3) is 0 Å². The molecule has 2 rings (SSSR count). The summed E-state index contributed by atoms with van der Waals surface area (Å²) in [5, 5.41) is 2.81. The van der Waals surface area contributed by atoms with Gasteiger partial charge in [-0.25, -0.2) is 0 Å². The molecule has 1 atom stereocenters. The molecule has 0 bridgehead atoms. The van der Waals surface area contributed by atoms with Gasteiger partial charge in [-0.3, -0.25) is 4.79 Å². The van der Waals surface area contributed by atoms with Gasteiger partial charge >= 0.3 is 0 Å². The molecule has 1 amide bonds. The van der Waals surface area contributed by atoms with Crippen LogP contribution < -0.4 is 5.32 Å². The lowest BCUT2D eigenvalue weighted by molar-refractivity contribution is -0.123.